The van der Waals surface area contributed by atoms with Crippen LogP contribution in [0.1, 0.15) is 78.4 Å². The minimum absolute atomic E-state index is 0.0674. The Kier molecular flexibility index (Phi) is 13.2. The summed E-state index contributed by atoms with van der Waals surface area (Å²) in [5.74, 6) is 1.26. The van der Waals surface area contributed by atoms with Gasteiger partial charge in [-0.2, -0.15) is 5.10 Å². The summed E-state index contributed by atoms with van der Waals surface area (Å²) in [4.78, 5) is 8.58. The molecular formula is C42H50Cl2N4O3. The largest absolute Gasteiger partial charge is 0.508 e. The zero-order chi connectivity index (χ0) is 37.6. The first-order valence-electron chi connectivity index (χ1n) is 17.3. The molecular weight excluding hydrogens is 679 g/mol. The van der Waals surface area contributed by atoms with E-state index in [4.69, 9.17) is 37.8 Å². The Balaban J connectivity index is 0.00000188. The van der Waals surface area contributed by atoms with Crippen LogP contribution < -0.4 is 15.8 Å². The number of carbonyl (C=O) groups excluding carboxylic acids is 1. The van der Waals surface area contributed by atoms with Crippen LogP contribution in [0, 0.1) is 33.6 Å². The Hall–Kier alpha value is -4.46. The van der Waals surface area contributed by atoms with Crippen LogP contribution in [0.25, 0.3) is 28.0 Å². The van der Waals surface area contributed by atoms with Gasteiger partial charge >= 0.3 is 0 Å². The summed E-state index contributed by atoms with van der Waals surface area (Å²) in [6.07, 6.45) is 7.40. The van der Waals surface area contributed by atoms with Crippen LogP contribution >= 0.6 is 23.2 Å². The van der Waals surface area contributed by atoms with Crippen LogP contribution in [0.3, 0.4) is 0 Å². The van der Waals surface area contributed by atoms with Gasteiger partial charge in [0.1, 0.15) is 11.5 Å². The molecule has 1 atom stereocenters. The zero-order valence-corrected chi connectivity index (χ0v) is 32.5. The topological polar surface area (TPSA) is 102 Å². The van der Waals surface area contributed by atoms with Gasteiger partial charge in [-0.25, -0.2) is 0 Å². The van der Waals surface area contributed by atoms with Gasteiger partial charge in [0, 0.05) is 46.1 Å². The van der Waals surface area contributed by atoms with E-state index in [1.807, 2.05) is 56.8 Å². The third kappa shape index (κ3) is 9.26. The molecule has 0 aliphatic heterocycles. The summed E-state index contributed by atoms with van der Waals surface area (Å²) in [6, 6.07) is 14.4. The number of rotatable bonds is 11. The average Bonchev–Trinajstić information content (AvgIpc) is 3.31. The number of nitrogens with one attached hydrogen (secondary N) is 1. The lowest BCUT2D eigenvalue weighted by Gasteiger charge is -2.25. The molecule has 0 radical (unpaired) electrons. The van der Waals surface area contributed by atoms with E-state index in [0.717, 1.165) is 91.6 Å². The van der Waals surface area contributed by atoms with Crippen LogP contribution in [0.4, 0.5) is 5.69 Å². The molecule has 4 N–H and O–H groups in total. The predicted octanol–water partition coefficient (Wildman–Crippen LogP) is 10.6. The van der Waals surface area contributed by atoms with Crippen LogP contribution in [-0.2, 0) is 18.3 Å². The molecule has 1 aliphatic carbocycles. The Labute approximate surface area is 312 Å². The molecule has 51 heavy (non-hydrogen) atoms. The number of aliphatic hydroxyl groups is 1. The van der Waals surface area contributed by atoms with Gasteiger partial charge in [-0.15, -0.1) is 0 Å². The minimum atomic E-state index is 0.0674. The number of anilines is 1. The first-order chi connectivity index (χ1) is 24.2. The number of carbonyl (C=O) groups is 1. The number of nitrogens with two attached hydrogens (primary N) is 1. The number of primary amides is 1. The highest BCUT2D eigenvalue weighted by molar-refractivity contribution is 6.34. The normalized spacial score (nSPS) is 14.0. The molecule has 1 aliphatic rings. The average molecular weight is 730 g/mol. The Morgan fingerprint density at radius 3 is 2.37 bits per heavy atom. The number of aryl methyl sites for hydroxylation is 4. The van der Waals surface area contributed by atoms with Crippen molar-refractivity contribution in [3.8, 4) is 16.9 Å². The molecule has 0 spiro atoms. The molecule has 270 valence electrons. The van der Waals surface area contributed by atoms with E-state index in [2.05, 4.69) is 75.7 Å². The Morgan fingerprint density at radius 1 is 1.12 bits per heavy atom. The molecule has 7 nitrogen and oxygen atoms in total. The number of benzene rings is 3. The van der Waals surface area contributed by atoms with Crippen molar-refractivity contribution in [1.82, 2.24) is 9.78 Å². The van der Waals surface area contributed by atoms with Crippen molar-refractivity contribution in [1.29, 1.82) is 0 Å². The summed E-state index contributed by atoms with van der Waals surface area (Å²) >= 11 is 13.5. The molecule has 9 heteroatoms. The second-order valence-corrected chi connectivity index (χ2v) is 14.3. The highest BCUT2D eigenvalue weighted by atomic mass is 35.5. The van der Waals surface area contributed by atoms with E-state index in [9.17, 15) is 5.11 Å². The second-order valence-electron chi connectivity index (χ2n) is 13.6. The molecule has 1 unspecified atom stereocenters. The summed E-state index contributed by atoms with van der Waals surface area (Å²) in [5, 5.41) is 20.2. The van der Waals surface area contributed by atoms with Crippen LogP contribution in [0.15, 0.2) is 61.2 Å². The Bertz CT molecular complexity index is 1970. The number of aliphatic hydroxyl groups excluding tert-OH is 1. The highest BCUT2D eigenvalue weighted by Crippen LogP contribution is 2.45. The fourth-order valence-corrected chi connectivity index (χ4v) is 7.07. The van der Waals surface area contributed by atoms with E-state index < -0.39 is 0 Å². The summed E-state index contributed by atoms with van der Waals surface area (Å²) in [5.41, 5.74) is 17.7. The number of ether oxygens (including phenoxy) is 1. The lowest BCUT2D eigenvalue weighted by molar-refractivity contribution is -0.106. The summed E-state index contributed by atoms with van der Waals surface area (Å²) in [7, 11) is 1.97. The highest BCUT2D eigenvalue weighted by Gasteiger charge is 2.24. The number of nitrogens with zero attached hydrogens (tertiary/aromatic N) is 2. The number of halogens is 2. The van der Waals surface area contributed by atoms with Gasteiger partial charge in [-0.1, -0.05) is 67.1 Å². The van der Waals surface area contributed by atoms with Gasteiger partial charge in [0.2, 0.25) is 6.41 Å². The maximum Gasteiger partial charge on any atom is 0.204 e. The van der Waals surface area contributed by atoms with Crippen molar-refractivity contribution < 1.29 is 14.6 Å². The molecule has 0 saturated heterocycles. The van der Waals surface area contributed by atoms with Crippen molar-refractivity contribution in [2.24, 2.45) is 18.7 Å². The Morgan fingerprint density at radius 2 is 1.78 bits per heavy atom. The minimum Gasteiger partial charge on any atom is -0.508 e. The van der Waals surface area contributed by atoms with E-state index in [1.165, 1.54) is 11.1 Å². The number of allylic oxidation sites excluding steroid dienone is 4. The van der Waals surface area contributed by atoms with Crippen LogP contribution in [0.2, 0.25) is 10.0 Å². The van der Waals surface area contributed by atoms with E-state index in [-0.39, 0.29) is 18.2 Å². The van der Waals surface area contributed by atoms with Gasteiger partial charge in [-0.3, -0.25) is 9.48 Å². The van der Waals surface area contributed by atoms with Crippen molar-refractivity contribution in [2.45, 2.75) is 73.8 Å². The third-order valence-corrected chi connectivity index (χ3v) is 9.96. The smallest absolute Gasteiger partial charge is 0.204 e. The molecule has 1 aromatic heterocycles. The maximum absolute atomic E-state index is 10.3. The van der Waals surface area contributed by atoms with E-state index >= 15 is 0 Å². The first-order valence-corrected chi connectivity index (χ1v) is 18.0. The molecule has 3 aromatic carbocycles. The maximum atomic E-state index is 10.3. The molecule has 0 bridgehead atoms. The lowest BCUT2D eigenvalue weighted by Crippen LogP contribution is -2.13. The van der Waals surface area contributed by atoms with Crippen molar-refractivity contribution >= 4 is 52.2 Å². The van der Waals surface area contributed by atoms with E-state index in [1.54, 1.807) is 0 Å². The number of aromatic nitrogens is 2. The molecule has 1 amide bonds. The fraction of sp³-hybridized carbons (Fsp3) is 0.333. The zero-order valence-electron chi connectivity index (χ0n) is 31.0. The summed E-state index contributed by atoms with van der Waals surface area (Å²) in [6.45, 7) is 19.0. The molecule has 0 fully saturated rings. The number of hydrogen-bond acceptors (Lipinski definition) is 5. The molecule has 1 heterocycles. The van der Waals surface area contributed by atoms with E-state index in [0.29, 0.717) is 17.5 Å². The van der Waals surface area contributed by atoms with Gasteiger partial charge in [-0.05, 0) is 124 Å². The molecule has 0 saturated carbocycles. The van der Waals surface area contributed by atoms with Gasteiger partial charge in [0.15, 0.2) is 0 Å². The number of hydrogen-bond donors (Lipinski definition) is 3. The predicted molar refractivity (Wildman–Crippen MR) is 215 cm³/mol. The monoisotopic (exact) mass is 728 g/mol. The van der Waals surface area contributed by atoms with Crippen molar-refractivity contribution in [3.05, 3.63) is 116 Å². The first kappa shape index (κ1) is 39.3. The van der Waals surface area contributed by atoms with Crippen LogP contribution in [-0.4, -0.2) is 33.9 Å². The third-order valence-electron chi connectivity index (χ3n) is 9.05. The van der Waals surface area contributed by atoms with Crippen LogP contribution in [0.5, 0.6) is 5.75 Å². The van der Waals surface area contributed by atoms with Crippen molar-refractivity contribution in [3.63, 3.8) is 0 Å². The summed E-state index contributed by atoms with van der Waals surface area (Å²) < 4.78 is 8.19. The molecule has 5 rings (SSSR count). The fourth-order valence-electron chi connectivity index (χ4n) is 6.71. The van der Waals surface area contributed by atoms with Gasteiger partial charge in [0.25, 0.3) is 0 Å². The van der Waals surface area contributed by atoms with Gasteiger partial charge < -0.3 is 20.9 Å². The second kappa shape index (κ2) is 17.2. The quantitative estimate of drug-likeness (QED) is 0.0810. The standard InChI is InChI=1S/C41H47Cl2N3O2.CH3NO/c1-23(2)44-41-35(14-15-37(42)39(41)38-27(6)45-46(9)28(38)7)31(11-10-16-48-34-19-25(4)40(43)26(5)20-34)21-33-18-24(3)17-32-13-12-30(29(8)47)22-36(32)33;2-1-3/h12-15,18-24,44,47H,8,10-11,16-17H2,1-7,9H3;1H,(H2,2,3)/b31-21+;. The number of amides is 1. The lowest BCUT2D eigenvalue weighted by atomic mass is 9.82. The van der Waals surface area contributed by atoms with Gasteiger partial charge in [0.05, 0.1) is 23.0 Å². The SMILES string of the molecule is C=C(O)c1ccc2c(c1)C(/C=C(\CCCOc1cc(C)c(Cl)c(C)c1)c1ccc(Cl)c(-c3c(C)nn(C)c3C)c1NC(C)C)=CC(C)C2.NC=O. The number of fused-ring (bicyclic) bond motifs is 1. The molecule has 4 aromatic rings. The van der Waals surface area contributed by atoms with Crippen molar-refractivity contribution in [2.75, 3.05) is 11.9 Å².